The first-order valence-electron chi connectivity index (χ1n) is 6.29. The number of hydrogen-bond acceptors (Lipinski definition) is 5. The molecule has 2 rings (SSSR count). The number of nitrogen functional groups attached to an aromatic ring is 1. The van der Waals surface area contributed by atoms with Crippen molar-refractivity contribution in [2.75, 3.05) is 23.8 Å². The fourth-order valence-electron chi connectivity index (χ4n) is 2.51. The molecule has 0 aliphatic carbocycles. The van der Waals surface area contributed by atoms with Crippen LogP contribution in [-0.2, 0) is 0 Å². The van der Waals surface area contributed by atoms with Crippen molar-refractivity contribution in [3.8, 4) is 6.07 Å². The lowest BCUT2D eigenvalue weighted by atomic mass is 9.99. The Morgan fingerprint density at radius 1 is 1.56 bits per heavy atom. The summed E-state index contributed by atoms with van der Waals surface area (Å²) in [5.74, 6) is 0.699. The fraction of sp³-hybridized carbons (Fsp3) is 0.538. The smallest absolute Gasteiger partial charge is 0.146 e. The van der Waals surface area contributed by atoms with E-state index < -0.39 is 0 Å². The molecule has 1 aromatic heterocycles. The van der Waals surface area contributed by atoms with Gasteiger partial charge in [0.1, 0.15) is 11.9 Å². The van der Waals surface area contributed by atoms with E-state index in [-0.39, 0.29) is 12.6 Å². The average Bonchev–Trinajstić information content (AvgIpc) is 2.40. The first-order valence-corrected chi connectivity index (χ1v) is 6.29. The third kappa shape index (κ3) is 2.54. The van der Waals surface area contributed by atoms with Crippen LogP contribution in [0.1, 0.15) is 31.2 Å². The van der Waals surface area contributed by atoms with Gasteiger partial charge >= 0.3 is 0 Å². The molecule has 1 aliphatic rings. The minimum absolute atomic E-state index is 0.165. The van der Waals surface area contributed by atoms with Gasteiger partial charge in [0, 0.05) is 19.2 Å². The third-order valence-electron chi connectivity index (χ3n) is 3.37. The molecule has 96 valence electrons. The second-order valence-electron chi connectivity index (χ2n) is 4.61. The quantitative estimate of drug-likeness (QED) is 0.839. The predicted octanol–water partition coefficient (Wildman–Crippen LogP) is 1.28. The van der Waals surface area contributed by atoms with Crippen molar-refractivity contribution in [2.45, 2.75) is 31.7 Å². The van der Waals surface area contributed by atoms with Gasteiger partial charge in [0.05, 0.1) is 17.4 Å². The molecule has 1 saturated heterocycles. The van der Waals surface area contributed by atoms with Crippen LogP contribution in [0.4, 0.5) is 11.5 Å². The number of piperidine rings is 1. The molecule has 5 heteroatoms. The van der Waals surface area contributed by atoms with Gasteiger partial charge in [0.15, 0.2) is 0 Å². The standard InChI is InChI=1S/C13H18N4O/c14-8-10-7-11(15)9-16-13(10)17-5-2-1-3-12(17)4-6-18/h7,9,12,18H,1-6,15H2. The first-order chi connectivity index (χ1) is 8.76. The summed E-state index contributed by atoms with van der Waals surface area (Å²) < 4.78 is 0. The molecular weight excluding hydrogens is 228 g/mol. The number of rotatable bonds is 3. The molecule has 0 spiro atoms. The Balaban J connectivity index is 2.30. The predicted molar refractivity (Wildman–Crippen MR) is 70.1 cm³/mol. The highest BCUT2D eigenvalue weighted by atomic mass is 16.3. The summed E-state index contributed by atoms with van der Waals surface area (Å²) in [6, 6.07) is 4.08. The van der Waals surface area contributed by atoms with Crippen molar-refractivity contribution in [1.82, 2.24) is 4.98 Å². The SMILES string of the molecule is N#Cc1cc(N)cnc1N1CCCCC1CCO. The number of hydrogen-bond donors (Lipinski definition) is 2. The minimum Gasteiger partial charge on any atom is -0.397 e. The number of aromatic nitrogens is 1. The molecule has 5 nitrogen and oxygen atoms in total. The lowest BCUT2D eigenvalue weighted by Gasteiger charge is -2.36. The van der Waals surface area contributed by atoms with Crippen molar-refractivity contribution >= 4 is 11.5 Å². The summed E-state index contributed by atoms with van der Waals surface area (Å²) in [7, 11) is 0. The maximum atomic E-state index is 9.17. The van der Waals surface area contributed by atoms with E-state index >= 15 is 0 Å². The van der Waals surface area contributed by atoms with Gasteiger partial charge in [0.2, 0.25) is 0 Å². The van der Waals surface area contributed by atoms with E-state index in [9.17, 15) is 0 Å². The highest BCUT2D eigenvalue weighted by Gasteiger charge is 2.25. The Kier molecular flexibility index (Phi) is 4.00. The van der Waals surface area contributed by atoms with Crippen LogP contribution in [-0.4, -0.2) is 29.3 Å². The monoisotopic (exact) mass is 246 g/mol. The third-order valence-corrected chi connectivity index (χ3v) is 3.37. The Morgan fingerprint density at radius 3 is 3.11 bits per heavy atom. The van der Waals surface area contributed by atoms with Gasteiger partial charge in [-0.3, -0.25) is 0 Å². The van der Waals surface area contributed by atoms with Gasteiger partial charge in [-0.25, -0.2) is 4.98 Å². The van der Waals surface area contributed by atoms with E-state index in [1.807, 2.05) is 0 Å². The van der Waals surface area contributed by atoms with Gasteiger partial charge in [-0.15, -0.1) is 0 Å². The summed E-state index contributed by atoms with van der Waals surface area (Å²) in [4.78, 5) is 6.44. The van der Waals surface area contributed by atoms with E-state index in [2.05, 4.69) is 16.0 Å². The number of anilines is 2. The maximum absolute atomic E-state index is 9.17. The molecule has 1 unspecified atom stereocenters. The second kappa shape index (κ2) is 5.69. The van der Waals surface area contributed by atoms with Gasteiger partial charge in [-0.2, -0.15) is 5.26 Å². The zero-order valence-electron chi connectivity index (χ0n) is 10.3. The van der Waals surface area contributed by atoms with Crippen molar-refractivity contribution < 1.29 is 5.11 Å². The van der Waals surface area contributed by atoms with Crippen molar-refractivity contribution in [3.63, 3.8) is 0 Å². The van der Waals surface area contributed by atoms with Gasteiger partial charge in [-0.05, 0) is 31.7 Å². The fourth-order valence-corrected chi connectivity index (χ4v) is 2.51. The van der Waals surface area contributed by atoms with Crippen molar-refractivity contribution in [1.29, 1.82) is 5.26 Å². The zero-order valence-corrected chi connectivity index (χ0v) is 10.3. The molecule has 0 radical (unpaired) electrons. The highest BCUT2D eigenvalue weighted by Crippen LogP contribution is 2.28. The molecule has 1 fully saturated rings. The molecule has 18 heavy (non-hydrogen) atoms. The van der Waals surface area contributed by atoms with Crippen molar-refractivity contribution in [2.24, 2.45) is 0 Å². The van der Waals surface area contributed by atoms with Gasteiger partial charge in [0.25, 0.3) is 0 Å². The Morgan fingerprint density at radius 2 is 2.39 bits per heavy atom. The minimum atomic E-state index is 0.165. The molecular formula is C13H18N4O. The number of nitriles is 1. The maximum Gasteiger partial charge on any atom is 0.146 e. The number of pyridine rings is 1. The second-order valence-corrected chi connectivity index (χ2v) is 4.61. The summed E-state index contributed by atoms with van der Waals surface area (Å²) in [6.45, 7) is 1.05. The lowest BCUT2D eigenvalue weighted by molar-refractivity contribution is 0.262. The molecule has 2 heterocycles. The molecule has 0 amide bonds. The first kappa shape index (κ1) is 12.7. The van der Waals surface area contributed by atoms with Crippen molar-refractivity contribution in [3.05, 3.63) is 17.8 Å². The number of aliphatic hydroxyl groups is 1. The molecule has 1 atom stereocenters. The average molecular weight is 246 g/mol. The van der Waals surface area contributed by atoms with E-state index in [1.54, 1.807) is 12.3 Å². The van der Waals surface area contributed by atoms with E-state index in [0.29, 0.717) is 17.1 Å². The summed E-state index contributed by atoms with van der Waals surface area (Å²) in [5, 5.41) is 18.3. The molecule has 3 N–H and O–H groups in total. The van der Waals surface area contributed by atoms with Crippen LogP contribution in [0, 0.1) is 11.3 Å². The van der Waals surface area contributed by atoms with E-state index in [4.69, 9.17) is 16.1 Å². The van der Waals surface area contributed by atoms with E-state index in [1.165, 1.54) is 0 Å². The van der Waals surface area contributed by atoms with Crippen LogP contribution in [0.5, 0.6) is 0 Å². The Labute approximate surface area is 107 Å². The number of nitrogens with zero attached hydrogens (tertiary/aromatic N) is 3. The van der Waals surface area contributed by atoms with Crippen LogP contribution in [0.2, 0.25) is 0 Å². The molecule has 0 aromatic carbocycles. The number of nitrogens with two attached hydrogens (primary N) is 1. The van der Waals surface area contributed by atoms with Crippen LogP contribution in [0.3, 0.4) is 0 Å². The summed E-state index contributed by atoms with van der Waals surface area (Å²) >= 11 is 0. The largest absolute Gasteiger partial charge is 0.397 e. The zero-order chi connectivity index (χ0) is 13.0. The summed E-state index contributed by atoms with van der Waals surface area (Å²) in [5.41, 5.74) is 6.67. The lowest BCUT2D eigenvalue weighted by Crippen LogP contribution is -2.41. The molecule has 1 aromatic rings. The normalized spacial score (nSPS) is 19.6. The van der Waals surface area contributed by atoms with Crippen LogP contribution in [0.15, 0.2) is 12.3 Å². The Bertz CT molecular complexity index is 453. The Hall–Kier alpha value is -1.80. The van der Waals surface area contributed by atoms with Gasteiger partial charge in [-0.1, -0.05) is 0 Å². The van der Waals surface area contributed by atoms with E-state index in [0.717, 1.165) is 32.2 Å². The van der Waals surface area contributed by atoms with Crippen LogP contribution < -0.4 is 10.6 Å². The molecule has 0 bridgehead atoms. The summed E-state index contributed by atoms with van der Waals surface area (Å²) in [6.07, 6.45) is 5.60. The highest BCUT2D eigenvalue weighted by molar-refractivity contribution is 5.59. The molecule has 0 saturated carbocycles. The van der Waals surface area contributed by atoms with Crippen LogP contribution >= 0.6 is 0 Å². The molecule has 1 aliphatic heterocycles. The van der Waals surface area contributed by atoms with Gasteiger partial charge < -0.3 is 15.7 Å². The number of aliphatic hydroxyl groups excluding tert-OH is 1. The topological polar surface area (TPSA) is 86.2 Å². The van der Waals surface area contributed by atoms with Crippen LogP contribution in [0.25, 0.3) is 0 Å².